The summed E-state index contributed by atoms with van der Waals surface area (Å²) in [5.74, 6) is -1.27. The molecule has 28 heavy (non-hydrogen) atoms. The average molecular weight is 384 g/mol. The van der Waals surface area contributed by atoms with Crippen LogP contribution < -0.4 is 10.1 Å². The fourth-order valence-electron chi connectivity index (χ4n) is 2.52. The zero-order chi connectivity index (χ0) is 20.3. The average Bonchev–Trinajstić information content (AvgIpc) is 3.12. The van der Waals surface area contributed by atoms with Crippen LogP contribution in [0.3, 0.4) is 0 Å². The number of esters is 1. The standard InChI is InChI=1S/C18H16N4O6/c1-10(28-18(24)16-12-5-3-4-6-13(12)20-21-16)17(23)19-14-8-7-11(22(25)26)9-15(14)27-2/h3-10H,1-2H3,(H,19,23)(H,20,21)/t10-/m0/s1. The monoisotopic (exact) mass is 384 g/mol. The SMILES string of the molecule is COc1cc([N+](=O)[O-])ccc1NC(=O)[C@H](C)OC(=O)c1n[nH]c2ccccc12. The summed E-state index contributed by atoms with van der Waals surface area (Å²) in [6.07, 6.45) is -1.14. The number of H-pyrrole nitrogens is 1. The van der Waals surface area contributed by atoms with Crippen LogP contribution in [-0.2, 0) is 9.53 Å². The molecule has 1 heterocycles. The number of benzene rings is 2. The van der Waals surface area contributed by atoms with Crippen LogP contribution in [0.5, 0.6) is 5.75 Å². The van der Waals surface area contributed by atoms with Gasteiger partial charge in [-0.1, -0.05) is 18.2 Å². The molecule has 1 aromatic heterocycles. The summed E-state index contributed by atoms with van der Waals surface area (Å²) in [6, 6.07) is 10.8. The number of carbonyl (C=O) groups excluding carboxylic acids is 2. The molecule has 2 aromatic carbocycles. The minimum Gasteiger partial charge on any atom is -0.494 e. The lowest BCUT2D eigenvalue weighted by molar-refractivity contribution is -0.384. The number of ether oxygens (including phenoxy) is 2. The molecule has 0 fully saturated rings. The molecule has 0 saturated carbocycles. The van der Waals surface area contributed by atoms with E-state index in [1.807, 2.05) is 0 Å². The molecule has 0 unspecified atom stereocenters. The molecule has 1 atom stereocenters. The lowest BCUT2D eigenvalue weighted by atomic mass is 10.2. The van der Waals surface area contributed by atoms with Crippen molar-refractivity contribution in [2.75, 3.05) is 12.4 Å². The first-order valence-corrected chi connectivity index (χ1v) is 8.18. The number of nitro benzene ring substituents is 1. The van der Waals surface area contributed by atoms with Crippen molar-refractivity contribution in [3.05, 3.63) is 58.3 Å². The summed E-state index contributed by atoms with van der Waals surface area (Å²) in [5, 5.41) is 20.6. The van der Waals surface area contributed by atoms with Gasteiger partial charge in [0, 0.05) is 11.5 Å². The Balaban J connectivity index is 1.71. The molecule has 0 aliphatic carbocycles. The zero-order valence-corrected chi connectivity index (χ0v) is 15.0. The number of non-ortho nitro benzene ring substituents is 1. The Morgan fingerprint density at radius 2 is 2.00 bits per heavy atom. The molecule has 2 N–H and O–H groups in total. The first kappa shape index (κ1) is 18.8. The second-order valence-electron chi connectivity index (χ2n) is 5.80. The third-order valence-corrected chi connectivity index (χ3v) is 3.97. The van der Waals surface area contributed by atoms with Gasteiger partial charge in [0.15, 0.2) is 11.8 Å². The van der Waals surface area contributed by atoms with Crippen molar-refractivity contribution >= 4 is 34.2 Å². The van der Waals surface area contributed by atoms with E-state index in [0.29, 0.717) is 10.9 Å². The Kier molecular flexibility index (Phi) is 5.21. The van der Waals surface area contributed by atoms with Crippen molar-refractivity contribution in [3.8, 4) is 5.75 Å². The van der Waals surface area contributed by atoms with Crippen molar-refractivity contribution in [2.45, 2.75) is 13.0 Å². The van der Waals surface area contributed by atoms with Crippen LogP contribution in [0.25, 0.3) is 10.9 Å². The summed E-state index contributed by atoms with van der Waals surface area (Å²) in [5.41, 5.74) is 0.774. The number of methoxy groups -OCH3 is 1. The number of aromatic amines is 1. The molecule has 0 aliphatic heterocycles. The summed E-state index contributed by atoms with van der Waals surface area (Å²) in [6.45, 7) is 1.40. The molecule has 10 heteroatoms. The maximum absolute atomic E-state index is 12.4. The third kappa shape index (κ3) is 3.75. The van der Waals surface area contributed by atoms with E-state index in [1.54, 1.807) is 24.3 Å². The highest BCUT2D eigenvalue weighted by molar-refractivity contribution is 6.03. The Morgan fingerprint density at radius 1 is 1.25 bits per heavy atom. The molecule has 1 amide bonds. The molecular formula is C18H16N4O6. The summed E-state index contributed by atoms with van der Waals surface area (Å²) in [4.78, 5) is 35.0. The molecule has 10 nitrogen and oxygen atoms in total. The number of hydrogen-bond donors (Lipinski definition) is 2. The van der Waals surface area contributed by atoms with Crippen LogP contribution in [0.4, 0.5) is 11.4 Å². The van der Waals surface area contributed by atoms with Gasteiger partial charge in [-0.05, 0) is 19.1 Å². The molecular weight excluding hydrogens is 368 g/mol. The Morgan fingerprint density at radius 3 is 2.71 bits per heavy atom. The predicted octanol–water partition coefficient (Wildman–Crippen LogP) is 2.66. The Labute approximate surface area is 158 Å². The Bertz CT molecular complexity index is 1060. The second-order valence-corrected chi connectivity index (χ2v) is 5.80. The van der Waals surface area contributed by atoms with Crippen LogP contribution in [0.15, 0.2) is 42.5 Å². The van der Waals surface area contributed by atoms with E-state index in [9.17, 15) is 19.7 Å². The zero-order valence-electron chi connectivity index (χ0n) is 15.0. The first-order valence-electron chi connectivity index (χ1n) is 8.18. The molecule has 0 radical (unpaired) electrons. The fourth-order valence-corrected chi connectivity index (χ4v) is 2.52. The van der Waals surface area contributed by atoms with E-state index < -0.39 is 22.9 Å². The summed E-state index contributed by atoms with van der Waals surface area (Å²) >= 11 is 0. The number of nitro groups is 1. The lowest BCUT2D eigenvalue weighted by Gasteiger charge is -2.14. The van der Waals surface area contributed by atoms with Crippen molar-refractivity contribution < 1.29 is 24.0 Å². The van der Waals surface area contributed by atoms with Crippen molar-refractivity contribution in [2.24, 2.45) is 0 Å². The van der Waals surface area contributed by atoms with Crippen LogP contribution in [0.1, 0.15) is 17.4 Å². The number of para-hydroxylation sites is 1. The quantitative estimate of drug-likeness (QED) is 0.379. The van der Waals surface area contributed by atoms with E-state index in [4.69, 9.17) is 9.47 Å². The normalized spacial score (nSPS) is 11.6. The lowest BCUT2D eigenvalue weighted by Crippen LogP contribution is -2.30. The van der Waals surface area contributed by atoms with Gasteiger partial charge in [0.25, 0.3) is 11.6 Å². The number of aromatic nitrogens is 2. The van der Waals surface area contributed by atoms with Crippen molar-refractivity contribution in [1.82, 2.24) is 10.2 Å². The number of amides is 1. The van der Waals surface area contributed by atoms with E-state index in [-0.39, 0.29) is 22.8 Å². The highest BCUT2D eigenvalue weighted by atomic mass is 16.6. The van der Waals surface area contributed by atoms with Crippen LogP contribution >= 0.6 is 0 Å². The minimum atomic E-state index is -1.14. The van der Waals surface area contributed by atoms with Crippen LogP contribution in [0, 0.1) is 10.1 Å². The predicted molar refractivity (Wildman–Crippen MR) is 99.2 cm³/mol. The van der Waals surface area contributed by atoms with Crippen LogP contribution in [-0.4, -0.2) is 40.2 Å². The number of hydrogen-bond acceptors (Lipinski definition) is 7. The van der Waals surface area contributed by atoms with Gasteiger partial charge >= 0.3 is 5.97 Å². The van der Waals surface area contributed by atoms with E-state index in [1.165, 1.54) is 32.2 Å². The number of carbonyl (C=O) groups is 2. The third-order valence-electron chi connectivity index (χ3n) is 3.97. The van der Waals surface area contributed by atoms with Gasteiger partial charge in [0.2, 0.25) is 0 Å². The fraction of sp³-hybridized carbons (Fsp3) is 0.167. The molecule has 0 aliphatic rings. The smallest absolute Gasteiger partial charge is 0.360 e. The van der Waals surface area contributed by atoms with Crippen LogP contribution in [0.2, 0.25) is 0 Å². The highest BCUT2D eigenvalue weighted by Gasteiger charge is 2.23. The first-order chi connectivity index (χ1) is 13.4. The molecule has 144 valence electrons. The molecule has 3 aromatic rings. The molecule has 3 rings (SSSR count). The van der Waals surface area contributed by atoms with Gasteiger partial charge in [0.05, 0.1) is 29.3 Å². The second kappa shape index (κ2) is 7.74. The largest absolute Gasteiger partial charge is 0.494 e. The van der Waals surface area contributed by atoms with Gasteiger partial charge in [0.1, 0.15) is 5.75 Å². The molecule has 0 spiro atoms. The maximum Gasteiger partial charge on any atom is 0.360 e. The van der Waals surface area contributed by atoms with Gasteiger partial charge in [-0.3, -0.25) is 20.0 Å². The van der Waals surface area contributed by atoms with E-state index in [0.717, 1.165) is 0 Å². The van der Waals surface area contributed by atoms with Gasteiger partial charge in [-0.25, -0.2) is 4.79 Å². The highest BCUT2D eigenvalue weighted by Crippen LogP contribution is 2.29. The maximum atomic E-state index is 12.4. The Hall–Kier alpha value is -3.95. The topological polar surface area (TPSA) is 136 Å². The molecule has 0 saturated heterocycles. The molecule has 0 bridgehead atoms. The van der Waals surface area contributed by atoms with E-state index in [2.05, 4.69) is 15.5 Å². The number of rotatable bonds is 6. The number of nitrogens with one attached hydrogen (secondary N) is 2. The number of nitrogens with zero attached hydrogens (tertiary/aromatic N) is 2. The summed E-state index contributed by atoms with van der Waals surface area (Å²) in [7, 11) is 1.32. The van der Waals surface area contributed by atoms with E-state index >= 15 is 0 Å². The van der Waals surface area contributed by atoms with Crippen molar-refractivity contribution in [1.29, 1.82) is 0 Å². The number of fused-ring (bicyclic) bond motifs is 1. The van der Waals surface area contributed by atoms with Gasteiger partial charge in [-0.2, -0.15) is 5.10 Å². The minimum absolute atomic E-state index is 0.0724. The van der Waals surface area contributed by atoms with Crippen molar-refractivity contribution in [3.63, 3.8) is 0 Å². The summed E-state index contributed by atoms with van der Waals surface area (Å²) < 4.78 is 10.3. The van der Waals surface area contributed by atoms with Gasteiger partial charge < -0.3 is 14.8 Å². The number of anilines is 1. The van der Waals surface area contributed by atoms with Gasteiger partial charge in [-0.15, -0.1) is 0 Å².